The number of nitrogens with zero attached hydrogens (tertiary/aromatic N) is 1. The Labute approximate surface area is 231 Å². The Hall–Kier alpha value is -4.02. The minimum Gasteiger partial charge on any atom is -0.484 e. The number of hydrogen-bond acceptors (Lipinski definition) is 5. The standard InChI is InChI=1S/C29H22ClF3N4O3/c30-24-17(31)10-19-22(27(33)29(40-19,20-7-4-8-35-20)13-5-2-1-3-6-13)23(24)21-15(28(34)38)9-14-16-11-36-37-18(16)12-39-26(14)25(21)32/h1-3,5-6,9-11,20,27,35H,4,7-8,12H2,(H2,34,38)(H,36,37)/t20-,27-,29-/m0/s1. The third-order valence-electron chi connectivity index (χ3n) is 8.04. The normalized spacial score (nSPS) is 22.7. The van der Waals surface area contributed by atoms with Gasteiger partial charge in [0.05, 0.1) is 28.5 Å². The summed E-state index contributed by atoms with van der Waals surface area (Å²) in [5.74, 6) is -3.33. The number of nitrogens with one attached hydrogen (secondary N) is 2. The molecule has 0 unspecified atom stereocenters. The Bertz CT molecular complexity index is 1690. The van der Waals surface area contributed by atoms with E-state index in [0.29, 0.717) is 29.8 Å². The first kappa shape index (κ1) is 25.0. The number of amides is 1. The predicted molar refractivity (Wildman–Crippen MR) is 141 cm³/mol. The van der Waals surface area contributed by atoms with E-state index >= 15 is 13.2 Å². The van der Waals surface area contributed by atoms with Crippen LogP contribution in [0.15, 0.2) is 48.7 Å². The van der Waals surface area contributed by atoms with Gasteiger partial charge in [-0.2, -0.15) is 5.10 Å². The van der Waals surface area contributed by atoms with Crippen LogP contribution in [0.2, 0.25) is 5.02 Å². The van der Waals surface area contributed by atoms with Crippen LogP contribution >= 0.6 is 11.6 Å². The maximum absolute atomic E-state index is 17.2. The Balaban J connectivity index is 1.51. The number of benzene rings is 3. The lowest BCUT2D eigenvalue weighted by Gasteiger charge is -2.37. The number of rotatable bonds is 4. The van der Waals surface area contributed by atoms with E-state index in [2.05, 4.69) is 15.5 Å². The fraction of sp³-hybridized carbons (Fsp3) is 0.241. The molecule has 0 radical (unpaired) electrons. The molecule has 0 spiro atoms. The fourth-order valence-electron chi connectivity index (χ4n) is 6.26. The SMILES string of the molecule is NC(=O)c1cc2c(c(F)c1-c1c(Cl)c(F)cc3c1[C@H](F)[C@](c1ccccc1)([C@@H]1CCCN1)O3)OCc1[nH]ncc1-2. The van der Waals surface area contributed by atoms with Gasteiger partial charge in [-0.25, -0.2) is 13.2 Å². The van der Waals surface area contributed by atoms with Crippen molar-refractivity contribution in [3.05, 3.63) is 87.7 Å². The van der Waals surface area contributed by atoms with Crippen molar-refractivity contribution < 1.29 is 27.4 Å². The smallest absolute Gasteiger partial charge is 0.249 e. The van der Waals surface area contributed by atoms with E-state index in [1.165, 1.54) is 12.3 Å². The number of aromatic amines is 1. The van der Waals surface area contributed by atoms with E-state index in [4.69, 9.17) is 26.8 Å². The van der Waals surface area contributed by atoms with Crippen LogP contribution in [0.5, 0.6) is 11.5 Å². The van der Waals surface area contributed by atoms with Crippen molar-refractivity contribution in [2.45, 2.75) is 37.3 Å². The van der Waals surface area contributed by atoms with Crippen molar-refractivity contribution in [2.24, 2.45) is 5.73 Å². The molecule has 4 heterocycles. The van der Waals surface area contributed by atoms with E-state index in [1.54, 1.807) is 30.3 Å². The van der Waals surface area contributed by atoms with Crippen LogP contribution in [0.3, 0.4) is 0 Å². The molecule has 3 atom stereocenters. The Morgan fingerprint density at radius 2 is 1.95 bits per heavy atom. The van der Waals surface area contributed by atoms with Gasteiger partial charge in [0.2, 0.25) is 5.91 Å². The topological polar surface area (TPSA) is 102 Å². The quantitative estimate of drug-likeness (QED) is 0.293. The molecule has 1 amide bonds. The van der Waals surface area contributed by atoms with Crippen molar-refractivity contribution in [3.63, 3.8) is 0 Å². The average molecular weight is 567 g/mol. The summed E-state index contributed by atoms with van der Waals surface area (Å²) in [6.07, 6.45) is 0.940. The van der Waals surface area contributed by atoms with E-state index in [1.807, 2.05) is 0 Å². The van der Waals surface area contributed by atoms with E-state index in [0.717, 1.165) is 12.5 Å². The van der Waals surface area contributed by atoms with Gasteiger partial charge in [-0.15, -0.1) is 0 Å². The predicted octanol–water partition coefficient (Wildman–Crippen LogP) is 5.72. The summed E-state index contributed by atoms with van der Waals surface area (Å²) in [5.41, 5.74) is 4.72. The van der Waals surface area contributed by atoms with Gasteiger partial charge in [0.1, 0.15) is 18.2 Å². The van der Waals surface area contributed by atoms with E-state index < -0.39 is 45.9 Å². The minimum atomic E-state index is -1.91. The Morgan fingerprint density at radius 1 is 1.15 bits per heavy atom. The first-order chi connectivity index (χ1) is 19.3. The first-order valence-corrected chi connectivity index (χ1v) is 13.2. The molecule has 0 bridgehead atoms. The highest BCUT2D eigenvalue weighted by Crippen LogP contribution is 2.59. The largest absolute Gasteiger partial charge is 0.484 e. The minimum absolute atomic E-state index is 0.0249. The molecule has 4 N–H and O–H groups in total. The summed E-state index contributed by atoms with van der Waals surface area (Å²) < 4.78 is 61.1. The number of H-pyrrole nitrogens is 1. The van der Waals surface area contributed by atoms with E-state index in [-0.39, 0.29) is 40.4 Å². The second-order valence-corrected chi connectivity index (χ2v) is 10.5. The average Bonchev–Trinajstić information content (AvgIpc) is 3.71. The summed E-state index contributed by atoms with van der Waals surface area (Å²) in [4.78, 5) is 12.7. The second-order valence-electron chi connectivity index (χ2n) is 10.1. The molecule has 7 rings (SSSR count). The van der Waals surface area contributed by atoms with E-state index in [9.17, 15) is 4.79 Å². The number of halogens is 4. The highest BCUT2D eigenvalue weighted by Gasteiger charge is 2.58. The van der Waals surface area contributed by atoms with Crippen LogP contribution in [0.25, 0.3) is 22.3 Å². The molecule has 4 aromatic rings. The maximum Gasteiger partial charge on any atom is 0.249 e. The molecule has 0 aliphatic carbocycles. The fourth-order valence-corrected chi connectivity index (χ4v) is 6.51. The number of carbonyl (C=O) groups is 1. The molecule has 7 nitrogen and oxygen atoms in total. The number of alkyl halides is 1. The van der Waals surface area contributed by atoms with Crippen LogP contribution in [0.1, 0.15) is 46.2 Å². The van der Waals surface area contributed by atoms with Gasteiger partial charge >= 0.3 is 0 Å². The summed E-state index contributed by atoms with van der Waals surface area (Å²) in [6, 6.07) is 10.7. The second kappa shape index (κ2) is 9.00. The molecule has 11 heteroatoms. The highest BCUT2D eigenvalue weighted by molar-refractivity contribution is 6.34. The third kappa shape index (κ3) is 3.35. The Morgan fingerprint density at radius 3 is 2.67 bits per heavy atom. The number of ether oxygens (including phenoxy) is 2. The molecule has 40 heavy (non-hydrogen) atoms. The Kier molecular flexibility index (Phi) is 5.62. The van der Waals surface area contributed by atoms with Gasteiger partial charge in [0, 0.05) is 39.4 Å². The molecule has 3 aliphatic rings. The van der Waals surface area contributed by atoms with Crippen LogP contribution < -0.4 is 20.5 Å². The molecule has 3 aromatic carbocycles. The third-order valence-corrected chi connectivity index (χ3v) is 8.41. The zero-order chi connectivity index (χ0) is 27.8. The van der Waals surface area contributed by atoms with Gasteiger partial charge in [0.25, 0.3) is 0 Å². The summed E-state index contributed by atoms with van der Waals surface area (Å²) in [7, 11) is 0. The van der Waals surface area contributed by atoms with Gasteiger partial charge in [-0.3, -0.25) is 9.89 Å². The molecular weight excluding hydrogens is 545 g/mol. The molecule has 0 saturated carbocycles. The number of primary amides is 1. The number of carbonyl (C=O) groups excluding carboxylic acids is 1. The lowest BCUT2D eigenvalue weighted by atomic mass is 9.78. The van der Waals surface area contributed by atoms with Crippen molar-refractivity contribution in [2.75, 3.05) is 6.54 Å². The van der Waals surface area contributed by atoms with Gasteiger partial charge in [-0.05, 0) is 25.5 Å². The zero-order valence-electron chi connectivity index (χ0n) is 20.9. The van der Waals surface area contributed by atoms with Crippen molar-refractivity contribution >= 4 is 17.5 Å². The number of hydrogen-bond donors (Lipinski definition) is 3. The number of fused-ring (bicyclic) bond motifs is 4. The molecule has 1 aromatic heterocycles. The van der Waals surface area contributed by atoms with Crippen molar-refractivity contribution in [3.8, 4) is 33.8 Å². The maximum atomic E-state index is 17.2. The van der Waals surface area contributed by atoms with Gasteiger partial charge in [0.15, 0.2) is 23.3 Å². The van der Waals surface area contributed by atoms with Gasteiger partial charge < -0.3 is 20.5 Å². The van der Waals surface area contributed by atoms with Crippen molar-refractivity contribution in [1.82, 2.24) is 15.5 Å². The van der Waals surface area contributed by atoms with Gasteiger partial charge in [-0.1, -0.05) is 41.9 Å². The molecule has 1 fully saturated rings. The number of nitrogens with two attached hydrogens (primary N) is 1. The van der Waals surface area contributed by atoms with Crippen LogP contribution in [-0.2, 0) is 12.2 Å². The summed E-state index contributed by atoms with van der Waals surface area (Å²) in [5, 5.41) is 9.48. The van der Waals surface area contributed by atoms with Crippen molar-refractivity contribution in [1.29, 1.82) is 0 Å². The zero-order valence-corrected chi connectivity index (χ0v) is 21.6. The molecule has 204 valence electrons. The molecule has 1 saturated heterocycles. The van der Waals surface area contributed by atoms with Crippen LogP contribution in [-0.4, -0.2) is 28.7 Å². The summed E-state index contributed by atoms with van der Waals surface area (Å²) >= 11 is 6.48. The number of aromatic nitrogens is 2. The van der Waals surface area contributed by atoms with Crippen LogP contribution in [0.4, 0.5) is 13.2 Å². The lowest BCUT2D eigenvalue weighted by Crippen LogP contribution is -2.50. The molecular formula is C29H22ClF3N4O3. The highest BCUT2D eigenvalue weighted by atomic mass is 35.5. The summed E-state index contributed by atoms with van der Waals surface area (Å²) in [6.45, 7) is 0.620. The van der Waals surface area contributed by atoms with Crippen LogP contribution in [0, 0.1) is 11.6 Å². The monoisotopic (exact) mass is 566 g/mol. The first-order valence-electron chi connectivity index (χ1n) is 12.8. The molecule has 3 aliphatic heterocycles. The lowest BCUT2D eigenvalue weighted by molar-refractivity contribution is -0.0168.